The second-order valence-electron chi connectivity index (χ2n) is 2.77. The number of carboxylic acids is 1. The minimum absolute atomic E-state index is 0.540. The first-order chi connectivity index (χ1) is 4.61. The van der Waals surface area contributed by atoms with E-state index in [1.54, 1.807) is 6.92 Å². The van der Waals surface area contributed by atoms with E-state index in [9.17, 15) is 4.79 Å². The van der Waals surface area contributed by atoms with Gasteiger partial charge in [0, 0.05) is 0 Å². The first kappa shape index (κ1) is 8.04. The Morgan fingerprint density at radius 1 is 1.90 bits per heavy atom. The molecule has 1 aliphatic rings. The lowest BCUT2D eigenvalue weighted by molar-refractivity contribution is -0.148. The molecule has 0 saturated heterocycles. The average molecular weight is 248 g/mol. The smallest absolute Gasteiger partial charge is 0.313 e. The van der Waals surface area contributed by atoms with Crippen molar-refractivity contribution < 1.29 is 9.90 Å². The number of hydrogen-bond acceptors (Lipinski definition) is 1. The van der Waals surface area contributed by atoms with Gasteiger partial charge in [0.25, 0.3) is 0 Å². The molecule has 0 aromatic heterocycles. The van der Waals surface area contributed by atoms with Crippen molar-refractivity contribution >= 4 is 28.6 Å². The third kappa shape index (κ3) is 0.962. The van der Waals surface area contributed by atoms with E-state index < -0.39 is 11.4 Å². The third-order valence-corrected chi connectivity index (χ3v) is 2.96. The summed E-state index contributed by atoms with van der Waals surface area (Å²) >= 11 is 2.10. The SMILES string of the molecule is C[C@@]1(C(=O)O)CC/C1=C\[123I]. The predicted molar refractivity (Wildman–Crippen MR) is 47.1 cm³/mol. The number of carbonyl (C=O) groups is 1. The molecule has 10 heavy (non-hydrogen) atoms. The van der Waals surface area contributed by atoms with Gasteiger partial charge in [-0.1, -0.05) is 22.6 Å². The Bertz CT molecular complexity index is 198. The Balaban J connectivity index is 2.81. The van der Waals surface area contributed by atoms with Gasteiger partial charge in [0.1, 0.15) is 0 Å². The number of hydrogen-bond donors (Lipinski definition) is 1. The van der Waals surface area contributed by atoms with E-state index in [-0.39, 0.29) is 0 Å². The van der Waals surface area contributed by atoms with E-state index >= 15 is 0 Å². The van der Waals surface area contributed by atoms with Crippen molar-refractivity contribution in [2.45, 2.75) is 19.8 Å². The molecule has 56 valence electrons. The highest BCUT2D eigenvalue weighted by atomic mass is 123. The van der Waals surface area contributed by atoms with Crippen LogP contribution in [0.4, 0.5) is 0 Å². The zero-order valence-electron chi connectivity index (χ0n) is 5.72. The summed E-state index contributed by atoms with van der Waals surface area (Å²) in [6, 6.07) is 0. The van der Waals surface area contributed by atoms with Crippen LogP contribution in [-0.4, -0.2) is 11.1 Å². The molecule has 1 N–H and O–H groups in total. The maximum atomic E-state index is 10.6. The second kappa shape index (κ2) is 2.53. The summed E-state index contributed by atoms with van der Waals surface area (Å²) in [5, 5.41) is 8.75. The van der Waals surface area contributed by atoms with Crippen LogP contribution in [0.1, 0.15) is 19.8 Å². The molecule has 0 bridgehead atoms. The van der Waals surface area contributed by atoms with E-state index in [2.05, 4.69) is 22.6 Å². The summed E-state index contributed by atoms with van der Waals surface area (Å²) in [6.07, 6.45) is 1.74. The van der Waals surface area contributed by atoms with Crippen LogP contribution >= 0.6 is 22.6 Å². The average Bonchev–Trinajstić information content (AvgIpc) is 1.85. The lowest BCUT2D eigenvalue weighted by Crippen LogP contribution is -2.37. The molecule has 0 aliphatic heterocycles. The molecule has 0 heterocycles. The fourth-order valence-corrected chi connectivity index (χ4v) is 2.06. The van der Waals surface area contributed by atoms with Crippen molar-refractivity contribution in [1.29, 1.82) is 0 Å². The van der Waals surface area contributed by atoms with Crippen molar-refractivity contribution in [1.82, 2.24) is 0 Å². The summed E-state index contributed by atoms with van der Waals surface area (Å²) in [4.78, 5) is 10.6. The normalized spacial score (nSPS) is 35.6. The molecule has 1 atom stereocenters. The van der Waals surface area contributed by atoms with Crippen molar-refractivity contribution in [2.24, 2.45) is 5.41 Å². The lowest BCUT2D eigenvalue weighted by atomic mass is 9.67. The Kier molecular flexibility index (Phi) is 2.03. The van der Waals surface area contributed by atoms with E-state index in [4.69, 9.17) is 5.11 Å². The summed E-state index contributed by atoms with van der Waals surface area (Å²) in [5.74, 6) is -0.693. The Labute approximate surface area is 73.5 Å². The Morgan fingerprint density at radius 3 is 2.60 bits per heavy atom. The van der Waals surface area contributed by atoms with Gasteiger partial charge in [0.2, 0.25) is 0 Å². The molecule has 3 heteroatoms. The number of halogens is 1. The molecule has 1 rings (SSSR count). The van der Waals surface area contributed by atoms with Gasteiger partial charge in [-0.15, -0.1) is 0 Å². The maximum absolute atomic E-state index is 10.6. The van der Waals surface area contributed by atoms with Crippen molar-refractivity contribution in [2.75, 3.05) is 0 Å². The fourth-order valence-electron chi connectivity index (χ4n) is 1.06. The van der Waals surface area contributed by atoms with Crippen LogP contribution in [0.2, 0.25) is 0 Å². The molecule has 0 radical (unpaired) electrons. The van der Waals surface area contributed by atoms with E-state index in [0.29, 0.717) is 0 Å². The third-order valence-electron chi connectivity index (χ3n) is 2.21. The summed E-state index contributed by atoms with van der Waals surface area (Å²) in [5.41, 5.74) is 0.516. The Morgan fingerprint density at radius 2 is 2.50 bits per heavy atom. The second-order valence-corrected chi connectivity index (χ2v) is 3.39. The van der Waals surface area contributed by atoms with Gasteiger partial charge in [-0.2, -0.15) is 0 Å². The van der Waals surface area contributed by atoms with Crippen LogP contribution in [0.15, 0.2) is 9.66 Å². The van der Waals surface area contributed by atoms with Crippen LogP contribution in [0.25, 0.3) is 0 Å². The summed E-state index contributed by atoms with van der Waals surface area (Å²) in [6.45, 7) is 1.78. The molecule has 1 fully saturated rings. The van der Waals surface area contributed by atoms with Gasteiger partial charge in [-0.3, -0.25) is 4.79 Å². The molecular weight excluding hydrogens is 239 g/mol. The number of aliphatic carboxylic acids is 1. The standard InChI is InChI=1S/C7H9IO2/c1-7(6(9)10)3-2-5(7)4-8/h4H,2-3H2,1H3,(H,9,10)/b5-4+/t7-/m1/s1/i8-4. The zero-order chi connectivity index (χ0) is 7.78. The minimum Gasteiger partial charge on any atom is -0.481 e. The molecule has 0 spiro atoms. The van der Waals surface area contributed by atoms with E-state index in [0.717, 1.165) is 18.4 Å². The first-order valence-corrected chi connectivity index (χ1v) is 4.39. The molecule has 0 aromatic carbocycles. The molecule has 1 saturated carbocycles. The van der Waals surface area contributed by atoms with Gasteiger partial charge in [-0.25, -0.2) is 0 Å². The highest BCUT2D eigenvalue weighted by molar-refractivity contribution is 14.1. The zero-order valence-corrected chi connectivity index (χ0v) is 7.88. The van der Waals surface area contributed by atoms with Crippen LogP contribution in [0, 0.1) is 5.41 Å². The fraction of sp³-hybridized carbons (Fsp3) is 0.571. The maximum Gasteiger partial charge on any atom is 0.313 e. The molecular formula is C7H9IO2. The van der Waals surface area contributed by atoms with Gasteiger partial charge in [-0.05, 0) is 29.4 Å². The van der Waals surface area contributed by atoms with E-state index in [1.807, 2.05) is 4.08 Å². The van der Waals surface area contributed by atoms with Gasteiger partial charge < -0.3 is 5.11 Å². The van der Waals surface area contributed by atoms with Crippen molar-refractivity contribution in [3.8, 4) is 0 Å². The number of carboxylic acid groups (broad SMARTS) is 1. The lowest BCUT2D eigenvalue weighted by Gasteiger charge is -2.37. The van der Waals surface area contributed by atoms with Crippen LogP contribution < -0.4 is 0 Å². The summed E-state index contributed by atoms with van der Waals surface area (Å²) in [7, 11) is 0. The first-order valence-electron chi connectivity index (χ1n) is 3.14. The molecule has 0 amide bonds. The number of rotatable bonds is 1. The van der Waals surface area contributed by atoms with Crippen molar-refractivity contribution in [3.05, 3.63) is 9.66 Å². The molecule has 0 aromatic rings. The van der Waals surface area contributed by atoms with Gasteiger partial charge in [0.15, 0.2) is 0 Å². The molecule has 0 unspecified atom stereocenters. The van der Waals surface area contributed by atoms with E-state index in [1.165, 1.54) is 0 Å². The van der Waals surface area contributed by atoms with Crippen LogP contribution in [0.5, 0.6) is 0 Å². The molecule has 2 nitrogen and oxygen atoms in total. The van der Waals surface area contributed by atoms with Gasteiger partial charge in [0.05, 0.1) is 5.41 Å². The summed E-state index contributed by atoms with van der Waals surface area (Å²) < 4.78 is 1.88. The molecule has 1 aliphatic carbocycles. The quantitative estimate of drug-likeness (QED) is 0.722. The van der Waals surface area contributed by atoms with Gasteiger partial charge >= 0.3 is 5.97 Å². The van der Waals surface area contributed by atoms with Crippen molar-refractivity contribution in [3.63, 3.8) is 0 Å². The predicted octanol–water partition coefficient (Wildman–Crippen LogP) is 2.19. The van der Waals surface area contributed by atoms with Crippen LogP contribution in [-0.2, 0) is 4.79 Å². The highest BCUT2D eigenvalue weighted by Crippen LogP contribution is 2.46. The van der Waals surface area contributed by atoms with Crippen LogP contribution in [0.3, 0.4) is 0 Å². The largest absolute Gasteiger partial charge is 0.481 e. The topological polar surface area (TPSA) is 37.3 Å². The highest BCUT2D eigenvalue weighted by Gasteiger charge is 2.43. The minimum atomic E-state index is -0.693. The Hall–Kier alpha value is -0.0600. The monoisotopic (exact) mass is 248 g/mol.